The van der Waals surface area contributed by atoms with Crippen molar-refractivity contribution in [2.24, 2.45) is 52.3 Å². The van der Waals surface area contributed by atoms with Crippen molar-refractivity contribution in [3.05, 3.63) is 0 Å². The van der Waals surface area contributed by atoms with E-state index in [1.807, 2.05) is 0 Å². The van der Waals surface area contributed by atoms with E-state index in [1.165, 1.54) is 70.6 Å². The molecular formula is C30H54O. The second kappa shape index (κ2) is 8.96. The van der Waals surface area contributed by atoms with Crippen LogP contribution in [0.2, 0.25) is 0 Å². The van der Waals surface area contributed by atoms with Gasteiger partial charge in [0.15, 0.2) is 0 Å². The molecule has 31 heavy (non-hydrogen) atoms. The molecule has 4 aliphatic rings. The minimum absolute atomic E-state index is 0.358. The third-order valence-corrected chi connectivity index (χ3v) is 12.0. The number of hydrogen-bond acceptors (Lipinski definition) is 1. The van der Waals surface area contributed by atoms with Crippen molar-refractivity contribution in [3.8, 4) is 0 Å². The molecule has 0 amide bonds. The maximum Gasteiger partial charge on any atom is 0.0648 e. The van der Waals surface area contributed by atoms with Crippen LogP contribution < -0.4 is 0 Å². The highest BCUT2D eigenvalue weighted by atomic mass is 16.3. The van der Waals surface area contributed by atoms with Crippen molar-refractivity contribution < 1.29 is 5.11 Å². The van der Waals surface area contributed by atoms with Gasteiger partial charge in [-0.15, -0.1) is 0 Å². The lowest BCUT2D eigenvalue weighted by Gasteiger charge is -2.63. The van der Waals surface area contributed by atoms with E-state index >= 15 is 0 Å². The number of hydrogen-bond donors (Lipinski definition) is 1. The summed E-state index contributed by atoms with van der Waals surface area (Å²) in [5.74, 6) is 6.45. The fraction of sp³-hybridized carbons (Fsp3) is 1.00. The normalized spacial score (nSPS) is 48.2. The lowest BCUT2D eigenvalue weighted by atomic mass is 9.43. The zero-order chi connectivity index (χ0) is 22.4. The summed E-state index contributed by atoms with van der Waals surface area (Å²) in [5.41, 5.74) is 0.800. The molecule has 4 saturated carbocycles. The third-order valence-electron chi connectivity index (χ3n) is 12.0. The van der Waals surface area contributed by atoms with Crippen LogP contribution in [0.3, 0.4) is 0 Å². The minimum Gasteiger partial charge on any atom is -0.390 e. The van der Waals surface area contributed by atoms with Crippen LogP contribution in [0.25, 0.3) is 0 Å². The second-order valence-corrected chi connectivity index (χ2v) is 13.6. The predicted octanol–water partition coefficient (Wildman–Crippen LogP) is 8.64. The first-order valence-corrected chi connectivity index (χ1v) is 14.4. The molecule has 0 aromatic carbocycles. The van der Waals surface area contributed by atoms with Gasteiger partial charge in [0.05, 0.1) is 5.60 Å². The molecule has 0 bridgehead atoms. The molecule has 0 spiro atoms. The molecule has 0 aliphatic heterocycles. The molecule has 4 aliphatic carbocycles. The second-order valence-electron chi connectivity index (χ2n) is 13.6. The van der Waals surface area contributed by atoms with E-state index in [4.69, 9.17) is 0 Å². The Bertz CT molecular complexity index is 612. The van der Waals surface area contributed by atoms with E-state index in [1.54, 1.807) is 0 Å². The van der Waals surface area contributed by atoms with Crippen LogP contribution in [0.15, 0.2) is 0 Å². The summed E-state index contributed by atoms with van der Waals surface area (Å²) in [6.07, 6.45) is 19.0. The Hall–Kier alpha value is -0.0400. The van der Waals surface area contributed by atoms with Gasteiger partial charge in [-0.05, 0) is 123 Å². The van der Waals surface area contributed by atoms with Crippen LogP contribution in [0.1, 0.15) is 131 Å². The lowest BCUT2D eigenvalue weighted by Crippen LogP contribution is -2.56. The molecular weight excluding hydrogens is 376 g/mol. The summed E-state index contributed by atoms with van der Waals surface area (Å²) >= 11 is 0. The van der Waals surface area contributed by atoms with E-state index in [9.17, 15) is 5.11 Å². The van der Waals surface area contributed by atoms with E-state index in [0.29, 0.717) is 10.8 Å². The highest BCUT2D eigenvalue weighted by Gasteiger charge is 2.62. The van der Waals surface area contributed by atoms with Gasteiger partial charge < -0.3 is 5.11 Å². The topological polar surface area (TPSA) is 20.2 Å². The number of aliphatic hydroxyl groups is 1. The van der Waals surface area contributed by atoms with Crippen molar-refractivity contribution in [1.29, 1.82) is 0 Å². The Kier molecular flexibility index (Phi) is 6.96. The van der Waals surface area contributed by atoms with Gasteiger partial charge in [0.1, 0.15) is 0 Å². The highest BCUT2D eigenvalue weighted by Crippen LogP contribution is 2.70. The Morgan fingerprint density at radius 2 is 1.61 bits per heavy atom. The molecule has 0 aromatic heterocycles. The summed E-state index contributed by atoms with van der Waals surface area (Å²) in [5, 5.41) is 11.1. The van der Waals surface area contributed by atoms with Crippen molar-refractivity contribution in [3.63, 3.8) is 0 Å². The first-order chi connectivity index (χ1) is 14.7. The molecule has 4 fully saturated rings. The molecule has 4 rings (SSSR count). The fourth-order valence-corrected chi connectivity index (χ4v) is 10.1. The van der Waals surface area contributed by atoms with Gasteiger partial charge in [-0.1, -0.05) is 60.8 Å². The van der Waals surface area contributed by atoms with Gasteiger partial charge in [-0.2, -0.15) is 0 Å². The quantitative estimate of drug-likeness (QED) is 0.428. The molecule has 9 atom stereocenters. The first-order valence-electron chi connectivity index (χ1n) is 14.4. The van der Waals surface area contributed by atoms with Crippen molar-refractivity contribution in [1.82, 2.24) is 0 Å². The average Bonchev–Trinajstić information content (AvgIpc) is 3.14. The van der Waals surface area contributed by atoms with Crippen LogP contribution in [-0.2, 0) is 0 Å². The molecule has 1 heteroatoms. The van der Waals surface area contributed by atoms with Gasteiger partial charge >= 0.3 is 0 Å². The van der Waals surface area contributed by atoms with Crippen molar-refractivity contribution in [2.75, 3.05) is 0 Å². The monoisotopic (exact) mass is 430 g/mol. The summed E-state index contributed by atoms with van der Waals surface area (Å²) in [6.45, 7) is 14.8. The molecule has 1 N–H and O–H groups in total. The average molecular weight is 431 g/mol. The Morgan fingerprint density at radius 3 is 2.29 bits per heavy atom. The van der Waals surface area contributed by atoms with Crippen LogP contribution in [0, 0.1) is 52.3 Å². The fourth-order valence-electron chi connectivity index (χ4n) is 10.1. The van der Waals surface area contributed by atoms with Crippen LogP contribution in [0.4, 0.5) is 0 Å². The molecule has 7 unspecified atom stereocenters. The maximum atomic E-state index is 11.1. The molecule has 0 saturated heterocycles. The highest BCUT2D eigenvalue weighted by molar-refractivity contribution is 5.11. The van der Waals surface area contributed by atoms with Gasteiger partial charge in [-0.25, -0.2) is 0 Å². The maximum absolute atomic E-state index is 11.1. The Morgan fingerprint density at radius 1 is 0.839 bits per heavy atom. The van der Waals surface area contributed by atoms with Gasteiger partial charge in [0.2, 0.25) is 0 Å². The van der Waals surface area contributed by atoms with E-state index in [2.05, 4.69) is 41.5 Å². The molecule has 0 radical (unpaired) electrons. The van der Waals surface area contributed by atoms with Crippen LogP contribution in [-0.4, -0.2) is 10.7 Å². The van der Waals surface area contributed by atoms with Crippen LogP contribution in [0.5, 0.6) is 0 Å². The Balaban J connectivity index is 1.50. The van der Waals surface area contributed by atoms with Crippen LogP contribution >= 0.6 is 0 Å². The third kappa shape index (κ3) is 4.06. The van der Waals surface area contributed by atoms with Crippen molar-refractivity contribution >= 4 is 0 Å². The standard InChI is InChI=1S/C30H54O/c1-7-29(31)19-18-28(6)23(20-29)12-13-24-26(28)16-17-30(8-2)25(14-15-27(24)30)22(5)11-9-10-21(3)4/h21-27,31H,7-20H2,1-6H3/t22-,23?,24?,25?,26?,27?,28?,29+,30?/m1/s1. The van der Waals surface area contributed by atoms with Gasteiger partial charge in [-0.3, -0.25) is 0 Å². The zero-order valence-corrected chi connectivity index (χ0v) is 21.9. The largest absolute Gasteiger partial charge is 0.390 e. The molecule has 0 heterocycles. The lowest BCUT2D eigenvalue weighted by molar-refractivity contribution is -0.156. The summed E-state index contributed by atoms with van der Waals surface area (Å²) in [6, 6.07) is 0. The smallest absolute Gasteiger partial charge is 0.0648 e. The zero-order valence-electron chi connectivity index (χ0n) is 21.9. The van der Waals surface area contributed by atoms with E-state index in [-0.39, 0.29) is 5.60 Å². The molecule has 180 valence electrons. The Labute approximate surface area is 194 Å². The summed E-state index contributed by atoms with van der Waals surface area (Å²) < 4.78 is 0. The molecule has 1 nitrogen and oxygen atoms in total. The number of rotatable bonds is 7. The SMILES string of the molecule is CCC12CCC3C(CCC4C[C@](O)(CC)CCC43C)C1CCC2[C@H](C)CCCC(C)C. The van der Waals surface area contributed by atoms with Gasteiger partial charge in [0.25, 0.3) is 0 Å². The predicted molar refractivity (Wildman–Crippen MR) is 133 cm³/mol. The van der Waals surface area contributed by atoms with E-state index in [0.717, 1.165) is 60.7 Å². The molecule has 0 aromatic rings. The van der Waals surface area contributed by atoms with Gasteiger partial charge in [0, 0.05) is 0 Å². The first kappa shape index (κ1) is 24.1. The van der Waals surface area contributed by atoms with Crippen molar-refractivity contribution in [2.45, 2.75) is 137 Å². The summed E-state index contributed by atoms with van der Waals surface area (Å²) in [7, 11) is 0. The summed E-state index contributed by atoms with van der Waals surface area (Å²) in [4.78, 5) is 0. The minimum atomic E-state index is -0.358. The van der Waals surface area contributed by atoms with E-state index < -0.39 is 0 Å². The number of fused-ring (bicyclic) bond motifs is 5.